The molecule has 0 aliphatic rings. The Labute approximate surface area is 142 Å². The smallest absolute Gasteiger partial charge is 0.255 e. The van der Waals surface area contributed by atoms with Gasteiger partial charge in [0.05, 0.1) is 0 Å². The predicted molar refractivity (Wildman–Crippen MR) is 76.6 cm³/mol. The molecular formula is C13H12NaOS3+. The normalized spacial score (nSPS) is 11.7. The van der Waals surface area contributed by atoms with Crippen LogP contribution in [0.15, 0.2) is 68.1 Å². The van der Waals surface area contributed by atoms with Crippen molar-refractivity contribution in [3.63, 3.8) is 0 Å². The molecule has 1 unspecified atom stereocenters. The molecule has 5 heteroatoms. The minimum Gasteiger partial charge on any atom is -0.255 e. The summed E-state index contributed by atoms with van der Waals surface area (Å²) in [5, 5.41) is 0. The molecule has 88 valence electrons. The van der Waals surface area contributed by atoms with Gasteiger partial charge in [-0.1, -0.05) is 30.0 Å². The number of thiol groups is 1. The van der Waals surface area contributed by atoms with Gasteiger partial charge in [0.2, 0.25) is 0 Å². The maximum atomic E-state index is 11.4. The average molecular weight is 303 g/mol. The third kappa shape index (κ3) is 4.44. The number of hydrogen-bond acceptors (Lipinski definition) is 3. The fourth-order valence-corrected chi connectivity index (χ4v) is 3.17. The van der Waals surface area contributed by atoms with Crippen LogP contribution in [0, 0.1) is 0 Å². The van der Waals surface area contributed by atoms with Crippen LogP contribution in [-0.4, -0.2) is 10.5 Å². The molecule has 0 aromatic heterocycles. The van der Waals surface area contributed by atoms with Gasteiger partial charge in [-0.3, -0.25) is 4.21 Å². The summed E-state index contributed by atoms with van der Waals surface area (Å²) in [4.78, 5) is 3.93. The second-order valence-corrected chi connectivity index (χ2v) is 6.48. The van der Waals surface area contributed by atoms with Gasteiger partial charge in [-0.05, 0) is 30.3 Å². The van der Waals surface area contributed by atoms with Gasteiger partial charge in [-0.2, -0.15) is 0 Å². The molecule has 0 N–H and O–H groups in total. The Hall–Kier alpha value is 0.290. The first kappa shape index (κ1) is 16.3. The van der Waals surface area contributed by atoms with Gasteiger partial charge in [0, 0.05) is 36.6 Å². The molecule has 0 spiro atoms. The van der Waals surface area contributed by atoms with E-state index in [-0.39, 0.29) is 29.6 Å². The van der Waals surface area contributed by atoms with E-state index in [4.69, 9.17) is 0 Å². The molecule has 0 amide bonds. The van der Waals surface area contributed by atoms with Crippen LogP contribution in [0.4, 0.5) is 0 Å². The molecule has 0 heterocycles. The summed E-state index contributed by atoms with van der Waals surface area (Å²) in [5.41, 5.74) is 0. The Morgan fingerprint density at radius 1 is 1.11 bits per heavy atom. The minimum atomic E-state index is -0.953. The molecule has 0 saturated heterocycles. The second-order valence-electron chi connectivity index (χ2n) is 3.50. The van der Waals surface area contributed by atoms with Crippen LogP contribution in [0.5, 0.6) is 0 Å². The standard InChI is InChI=1S/C13H12OS3.Na/c1-17(14)11-7-8-12(15)13(9-11)16-10-5-3-2-4-6-10;/h2-9,15H,1H3;/q;+1. The van der Waals surface area contributed by atoms with Gasteiger partial charge < -0.3 is 0 Å². The van der Waals surface area contributed by atoms with Crippen LogP contribution in [-0.2, 0) is 10.8 Å². The molecule has 0 bridgehead atoms. The Bertz CT molecular complexity index is 543. The van der Waals surface area contributed by atoms with Gasteiger partial charge in [0.15, 0.2) is 0 Å². The summed E-state index contributed by atoms with van der Waals surface area (Å²) in [7, 11) is -0.953. The summed E-state index contributed by atoms with van der Waals surface area (Å²) >= 11 is 6.06. The molecule has 0 aliphatic heterocycles. The van der Waals surface area contributed by atoms with Gasteiger partial charge in [0.1, 0.15) is 0 Å². The molecule has 0 aliphatic carbocycles. The summed E-state index contributed by atoms with van der Waals surface area (Å²) in [6, 6.07) is 15.8. The zero-order valence-corrected chi connectivity index (χ0v) is 14.8. The zero-order valence-electron chi connectivity index (χ0n) is 10.3. The van der Waals surface area contributed by atoms with E-state index in [0.717, 1.165) is 19.6 Å². The van der Waals surface area contributed by atoms with Crippen molar-refractivity contribution in [2.24, 2.45) is 0 Å². The first-order valence-corrected chi connectivity index (χ1v) is 7.88. The Morgan fingerprint density at radius 2 is 1.78 bits per heavy atom. The molecule has 1 nitrogen and oxygen atoms in total. The summed E-state index contributed by atoms with van der Waals surface area (Å²) in [5.74, 6) is 0. The van der Waals surface area contributed by atoms with E-state index in [1.165, 1.54) is 0 Å². The monoisotopic (exact) mass is 303 g/mol. The van der Waals surface area contributed by atoms with Crippen molar-refractivity contribution in [1.82, 2.24) is 0 Å². The molecule has 0 fully saturated rings. The van der Waals surface area contributed by atoms with E-state index in [1.807, 2.05) is 48.5 Å². The number of rotatable bonds is 3. The molecule has 1 atom stereocenters. The van der Waals surface area contributed by atoms with Crippen LogP contribution in [0.25, 0.3) is 0 Å². The third-order valence-electron chi connectivity index (χ3n) is 2.23. The Balaban J connectivity index is 0.00000162. The molecular weight excluding hydrogens is 291 g/mol. The van der Waals surface area contributed by atoms with Crippen LogP contribution in [0.2, 0.25) is 0 Å². The fraction of sp³-hybridized carbons (Fsp3) is 0.0769. The molecule has 0 saturated carbocycles. The quantitative estimate of drug-likeness (QED) is 0.669. The van der Waals surface area contributed by atoms with Crippen LogP contribution in [0.1, 0.15) is 0 Å². The van der Waals surface area contributed by atoms with Gasteiger partial charge in [0.25, 0.3) is 0 Å². The van der Waals surface area contributed by atoms with E-state index >= 15 is 0 Å². The van der Waals surface area contributed by atoms with E-state index in [1.54, 1.807) is 18.0 Å². The van der Waals surface area contributed by atoms with Gasteiger partial charge >= 0.3 is 29.6 Å². The summed E-state index contributed by atoms with van der Waals surface area (Å²) < 4.78 is 11.4. The Morgan fingerprint density at radius 3 is 2.39 bits per heavy atom. The number of benzene rings is 2. The molecule has 0 radical (unpaired) electrons. The minimum absolute atomic E-state index is 0. The zero-order chi connectivity index (χ0) is 12.3. The van der Waals surface area contributed by atoms with Crippen molar-refractivity contribution in [2.75, 3.05) is 6.26 Å². The maximum absolute atomic E-state index is 11.4. The van der Waals surface area contributed by atoms with E-state index in [2.05, 4.69) is 12.6 Å². The van der Waals surface area contributed by atoms with Crippen LogP contribution in [0.3, 0.4) is 0 Å². The molecule has 2 aromatic carbocycles. The first-order chi connectivity index (χ1) is 8.16. The fourth-order valence-electron chi connectivity index (χ4n) is 1.37. The van der Waals surface area contributed by atoms with Crippen molar-refractivity contribution >= 4 is 35.2 Å². The predicted octanol–water partition coefficient (Wildman–Crippen LogP) is 0.868. The van der Waals surface area contributed by atoms with Crippen molar-refractivity contribution < 1.29 is 33.8 Å². The van der Waals surface area contributed by atoms with E-state index in [0.29, 0.717) is 0 Å². The molecule has 2 aromatic rings. The van der Waals surface area contributed by atoms with Crippen LogP contribution < -0.4 is 29.6 Å². The van der Waals surface area contributed by atoms with Crippen molar-refractivity contribution in [1.29, 1.82) is 0 Å². The maximum Gasteiger partial charge on any atom is 1.00 e. The summed E-state index contributed by atoms with van der Waals surface area (Å²) in [6.07, 6.45) is 1.69. The summed E-state index contributed by atoms with van der Waals surface area (Å²) in [6.45, 7) is 0. The van der Waals surface area contributed by atoms with Crippen molar-refractivity contribution in [2.45, 2.75) is 19.6 Å². The van der Waals surface area contributed by atoms with Crippen molar-refractivity contribution in [3.05, 3.63) is 48.5 Å². The molecule has 2 rings (SSSR count). The van der Waals surface area contributed by atoms with E-state index < -0.39 is 10.8 Å². The SMILES string of the molecule is CS(=O)c1ccc(S)c(Sc2ccccc2)c1.[Na+]. The van der Waals surface area contributed by atoms with Crippen molar-refractivity contribution in [3.8, 4) is 0 Å². The van der Waals surface area contributed by atoms with Gasteiger partial charge in [-0.25, -0.2) is 0 Å². The van der Waals surface area contributed by atoms with Gasteiger partial charge in [-0.15, -0.1) is 12.6 Å². The van der Waals surface area contributed by atoms with Crippen LogP contribution >= 0.6 is 24.4 Å². The average Bonchev–Trinajstić information content (AvgIpc) is 2.33. The topological polar surface area (TPSA) is 17.1 Å². The first-order valence-electron chi connectivity index (χ1n) is 5.06. The molecule has 18 heavy (non-hydrogen) atoms. The van der Waals surface area contributed by atoms with E-state index in [9.17, 15) is 4.21 Å². The third-order valence-corrected chi connectivity index (χ3v) is 4.76. The Kier molecular flexibility index (Phi) is 7.06. The second kappa shape index (κ2) is 7.78. The largest absolute Gasteiger partial charge is 1.00 e. The number of hydrogen-bond donors (Lipinski definition) is 1.